The minimum Gasteiger partial charge on any atom is -0.468 e. The van der Waals surface area contributed by atoms with Gasteiger partial charge in [-0.05, 0) is 29.7 Å². The quantitative estimate of drug-likeness (QED) is 0.358. The molecular formula is C30H30N2O3. The number of rotatable bonds is 7. The van der Waals surface area contributed by atoms with Gasteiger partial charge < -0.3 is 14.5 Å². The van der Waals surface area contributed by atoms with Gasteiger partial charge in [-0.25, -0.2) is 0 Å². The molecule has 2 heterocycles. The van der Waals surface area contributed by atoms with Crippen molar-refractivity contribution in [3.05, 3.63) is 114 Å². The molecule has 2 aliphatic rings. The number of benzene rings is 3. The number of likely N-dealkylation sites (tertiary alicyclic amines) is 1. The molecule has 3 aromatic carbocycles. The summed E-state index contributed by atoms with van der Waals surface area (Å²) < 4.78 is 6.34. The Morgan fingerprint density at radius 2 is 1.57 bits per heavy atom. The number of piperidine rings is 1. The van der Waals surface area contributed by atoms with Crippen molar-refractivity contribution >= 4 is 11.8 Å². The molecule has 0 spiro atoms. The summed E-state index contributed by atoms with van der Waals surface area (Å²) in [5.74, 6) is -0.682. The van der Waals surface area contributed by atoms with Crippen LogP contribution in [0, 0.1) is 5.92 Å². The van der Waals surface area contributed by atoms with Gasteiger partial charge in [0.2, 0.25) is 11.8 Å². The Balaban J connectivity index is 1.55. The highest BCUT2D eigenvalue weighted by molar-refractivity contribution is 6.02. The van der Waals surface area contributed by atoms with Crippen LogP contribution >= 0.6 is 0 Å². The molecule has 3 aromatic rings. The molecule has 5 heteroatoms. The average Bonchev–Trinajstić information content (AvgIpc) is 2.87. The number of para-hydroxylation sites is 1. The van der Waals surface area contributed by atoms with Gasteiger partial charge in [-0.2, -0.15) is 0 Å². The van der Waals surface area contributed by atoms with Gasteiger partial charge in [0.05, 0.1) is 0 Å². The van der Waals surface area contributed by atoms with E-state index in [1.54, 1.807) is 11.0 Å². The molecule has 0 saturated carbocycles. The second-order valence-corrected chi connectivity index (χ2v) is 9.51. The monoisotopic (exact) mass is 466 g/mol. The number of ether oxygens (including phenoxy) is 1. The molecule has 35 heavy (non-hydrogen) atoms. The number of carbonyl (C=O) groups excluding carboxylic acids is 2. The van der Waals surface area contributed by atoms with Crippen molar-refractivity contribution < 1.29 is 14.3 Å². The van der Waals surface area contributed by atoms with Gasteiger partial charge in [-0.15, -0.1) is 6.58 Å². The van der Waals surface area contributed by atoms with Crippen LogP contribution < -0.4 is 4.74 Å². The van der Waals surface area contributed by atoms with Gasteiger partial charge in [0.25, 0.3) is 0 Å². The maximum atomic E-state index is 14.3. The van der Waals surface area contributed by atoms with Crippen molar-refractivity contribution in [3.8, 4) is 5.75 Å². The van der Waals surface area contributed by atoms with Crippen LogP contribution in [0.3, 0.4) is 0 Å². The van der Waals surface area contributed by atoms with Crippen molar-refractivity contribution in [2.45, 2.75) is 38.1 Å². The lowest BCUT2D eigenvalue weighted by atomic mass is 9.73. The summed E-state index contributed by atoms with van der Waals surface area (Å²) in [7, 11) is 0. The number of amides is 2. The highest BCUT2D eigenvalue weighted by atomic mass is 16.5. The SMILES string of the molecule is C=CCN1C(=O)C(C(=O)N(Cc2ccccc2)Cc2ccccc2)C2CC1(C)Oc1ccccc12. The van der Waals surface area contributed by atoms with Gasteiger partial charge in [0.15, 0.2) is 5.72 Å². The molecule has 1 fully saturated rings. The predicted octanol–water partition coefficient (Wildman–Crippen LogP) is 5.14. The molecule has 1 saturated heterocycles. The zero-order valence-electron chi connectivity index (χ0n) is 20.0. The summed E-state index contributed by atoms with van der Waals surface area (Å²) in [5.41, 5.74) is 2.17. The van der Waals surface area contributed by atoms with Crippen LogP contribution in [0.15, 0.2) is 97.6 Å². The Kier molecular flexibility index (Phi) is 6.16. The first-order chi connectivity index (χ1) is 17.0. The molecule has 3 atom stereocenters. The first-order valence-corrected chi connectivity index (χ1v) is 12.1. The summed E-state index contributed by atoms with van der Waals surface area (Å²) in [6.07, 6.45) is 2.26. The maximum Gasteiger partial charge on any atom is 0.239 e. The topological polar surface area (TPSA) is 49.9 Å². The fourth-order valence-corrected chi connectivity index (χ4v) is 5.42. The lowest BCUT2D eigenvalue weighted by Gasteiger charge is -2.53. The smallest absolute Gasteiger partial charge is 0.239 e. The zero-order valence-corrected chi connectivity index (χ0v) is 20.0. The van der Waals surface area contributed by atoms with E-state index in [1.807, 2.05) is 96.8 Å². The van der Waals surface area contributed by atoms with E-state index in [4.69, 9.17) is 4.74 Å². The molecule has 5 nitrogen and oxygen atoms in total. The summed E-state index contributed by atoms with van der Waals surface area (Å²) in [4.78, 5) is 31.7. The molecule has 3 unspecified atom stereocenters. The molecule has 0 radical (unpaired) electrons. The molecule has 0 aromatic heterocycles. The first-order valence-electron chi connectivity index (χ1n) is 12.1. The summed E-state index contributed by atoms with van der Waals surface area (Å²) >= 11 is 0. The largest absolute Gasteiger partial charge is 0.468 e. The van der Waals surface area contributed by atoms with Crippen LogP contribution in [-0.2, 0) is 22.7 Å². The van der Waals surface area contributed by atoms with Crippen LogP contribution in [0.4, 0.5) is 0 Å². The van der Waals surface area contributed by atoms with E-state index >= 15 is 0 Å². The van der Waals surface area contributed by atoms with Crippen molar-refractivity contribution in [2.24, 2.45) is 5.92 Å². The second kappa shape index (κ2) is 9.41. The molecule has 0 N–H and O–H groups in total. The minimum absolute atomic E-state index is 0.152. The minimum atomic E-state index is -0.819. The van der Waals surface area contributed by atoms with Crippen molar-refractivity contribution in [1.82, 2.24) is 9.80 Å². The van der Waals surface area contributed by atoms with Gasteiger partial charge in [-0.3, -0.25) is 9.59 Å². The Hall–Kier alpha value is -3.86. The van der Waals surface area contributed by atoms with E-state index in [9.17, 15) is 9.59 Å². The Bertz CT molecular complexity index is 1190. The number of hydrogen-bond donors (Lipinski definition) is 0. The van der Waals surface area contributed by atoms with Crippen LogP contribution in [0.2, 0.25) is 0 Å². The van der Waals surface area contributed by atoms with Crippen molar-refractivity contribution in [1.29, 1.82) is 0 Å². The molecule has 2 amide bonds. The van der Waals surface area contributed by atoms with Gasteiger partial charge >= 0.3 is 0 Å². The third-order valence-corrected chi connectivity index (χ3v) is 7.07. The molecule has 2 aliphatic heterocycles. The first kappa shape index (κ1) is 22.9. The lowest BCUT2D eigenvalue weighted by molar-refractivity contribution is -0.177. The molecule has 0 aliphatic carbocycles. The van der Waals surface area contributed by atoms with Gasteiger partial charge in [-0.1, -0.05) is 84.9 Å². The lowest BCUT2D eigenvalue weighted by Crippen LogP contribution is -2.64. The van der Waals surface area contributed by atoms with Crippen LogP contribution in [0.5, 0.6) is 5.75 Å². The predicted molar refractivity (Wildman–Crippen MR) is 135 cm³/mol. The summed E-state index contributed by atoms with van der Waals surface area (Å²) in [6.45, 7) is 6.97. The van der Waals surface area contributed by atoms with Crippen LogP contribution in [0.1, 0.15) is 36.0 Å². The Morgan fingerprint density at radius 1 is 1.00 bits per heavy atom. The number of carbonyl (C=O) groups is 2. The normalized spacial score (nSPS) is 22.7. The standard InChI is InChI=1S/C30H30N2O3/c1-3-18-32-29(34)27(25-19-30(32,2)35-26-17-11-10-16-24(25)26)28(33)31(20-22-12-6-4-7-13-22)21-23-14-8-5-9-15-23/h3-17,25,27H,1,18-21H2,2H3. The van der Waals surface area contributed by atoms with E-state index in [-0.39, 0.29) is 17.7 Å². The Morgan fingerprint density at radius 3 is 2.17 bits per heavy atom. The highest BCUT2D eigenvalue weighted by Crippen LogP contribution is 2.50. The number of nitrogens with zero attached hydrogens (tertiary/aromatic N) is 2. The third kappa shape index (κ3) is 4.34. The van der Waals surface area contributed by atoms with Crippen LogP contribution in [0.25, 0.3) is 0 Å². The van der Waals surface area contributed by atoms with E-state index in [0.717, 1.165) is 22.4 Å². The third-order valence-electron chi connectivity index (χ3n) is 7.07. The molecule has 178 valence electrons. The molecular weight excluding hydrogens is 436 g/mol. The fourth-order valence-electron chi connectivity index (χ4n) is 5.42. The maximum absolute atomic E-state index is 14.3. The van der Waals surface area contributed by atoms with E-state index in [2.05, 4.69) is 6.58 Å². The van der Waals surface area contributed by atoms with Crippen molar-refractivity contribution in [3.63, 3.8) is 0 Å². The second-order valence-electron chi connectivity index (χ2n) is 9.51. The highest BCUT2D eigenvalue weighted by Gasteiger charge is 2.56. The Labute approximate surface area is 206 Å². The van der Waals surface area contributed by atoms with Crippen molar-refractivity contribution in [2.75, 3.05) is 6.54 Å². The molecule has 2 bridgehead atoms. The summed E-state index contributed by atoms with van der Waals surface area (Å²) in [5, 5.41) is 0. The van der Waals surface area contributed by atoms with E-state index < -0.39 is 11.6 Å². The number of hydrogen-bond acceptors (Lipinski definition) is 3. The van der Waals surface area contributed by atoms with Gasteiger partial charge in [0, 0.05) is 32.0 Å². The fraction of sp³-hybridized carbons (Fsp3) is 0.267. The number of fused-ring (bicyclic) bond motifs is 4. The zero-order chi connectivity index (χ0) is 24.4. The van der Waals surface area contributed by atoms with E-state index in [1.165, 1.54) is 0 Å². The summed E-state index contributed by atoms with van der Waals surface area (Å²) in [6, 6.07) is 27.6. The van der Waals surface area contributed by atoms with Gasteiger partial charge in [0.1, 0.15) is 11.7 Å². The van der Waals surface area contributed by atoms with Crippen LogP contribution in [-0.4, -0.2) is 33.9 Å². The average molecular weight is 467 g/mol. The molecule has 5 rings (SSSR count). The van der Waals surface area contributed by atoms with E-state index in [0.29, 0.717) is 26.1 Å².